The van der Waals surface area contributed by atoms with E-state index in [-0.39, 0.29) is 31.1 Å². The number of halogens is 1. The van der Waals surface area contributed by atoms with Gasteiger partial charge in [-0.2, -0.15) is 5.10 Å². The molecule has 46 heavy (non-hydrogen) atoms. The predicted octanol–water partition coefficient (Wildman–Crippen LogP) is 4.51. The topological polar surface area (TPSA) is 141 Å². The van der Waals surface area contributed by atoms with Crippen molar-refractivity contribution in [3.05, 3.63) is 76.9 Å². The Bertz CT molecular complexity index is 1880. The molecule has 10 nitrogen and oxygen atoms in total. The molecule has 4 aromatic rings. The lowest BCUT2D eigenvalue weighted by Crippen LogP contribution is -2.49. The third kappa shape index (κ3) is 4.88. The normalized spacial score (nSPS) is 22.1. The number of hydrogen-bond acceptors (Lipinski definition) is 7. The Morgan fingerprint density at radius 1 is 1.13 bits per heavy atom. The summed E-state index contributed by atoms with van der Waals surface area (Å²) in [6.07, 6.45) is 6.70. The molecule has 0 saturated heterocycles. The van der Waals surface area contributed by atoms with Gasteiger partial charge in [-0.05, 0) is 93.8 Å². The molecule has 3 saturated carbocycles. The van der Waals surface area contributed by atoms with Gasteiger partial charge in [0.25, 0.3) is 5.91 Å². The Balaban J connectivity index is 1.16. The summed E-state index contributed by atoms with van der Waals surface area (Å²) in [6, 6.07) is 13.0. The van der Waals surface area contributed by atoms with Crippen molar-refractivity contribution in [2.24, 2.45) is 11.7 Å². The zero-order valence-electron chi connectivity index (χ0n) is 25.6. The largest absolute Gasteiger partial charge is 0.489 e. The monoisotopic (exact) mass is 625 g/mol. The molecular weight excluding hydrogens is 589 g/mol. The fraction of sp³-hybridized carbons (Fsp3) is 0.429. The number of nitrogens with one attached hydrogen (secondary N) is 1. The highest BCUT2D eigenvalue weighted by Gasteiger charge is 2.48. The van der Waals surface area contributed by atoms with E-state index in [4.69, 9.17) is 25.3 Å². The molecule has 238 valence electrons. The lowest BCUT2D eigenvalue weighted by Gasteiger charge is -2.41. The lowest BCUT2D eigenvalue weighted by atomic mass is 9.70. The van der Waals surface area contributed by atoms with Gasteiger partial charge in [0.05, 0.1) is 23.4 Å². The highest BCUT2D eigenvalue weighted by atomic mass is 19.1. The number of pyridine rings is 2. The summed E-state index contributed by atoms with van der Waals surface area (Å²) in [6.45, 7) is 1.60. The first kappa shape index (κ1) is 28.9. The van der Waals surface area contributed by atoms with E-state index in [2.05, 4.69) is 5.32 Å². The molecule has 0 bridgehead atoms. The third-order valence-corrected chi connectivity index (χ3v) is 10.1. The van der Waals surface area contributed by atoms with Gasteiger partial charge in [-0.3, -0.25) is 9.59 Å². The van der Waals surface area contributed by atoms with Crippen LogP contribution in [0.5, 0.6) is 11.6 Å². The van der Waals surface area contributed by atoms with Crippen molar-refractivity contribution in [1.29, 1.82) is 0 Å². The van der Waals surface area contributed by atoms with E-state index in [1.54, 1.807) is 41.8 Å². The van der Waals surface area contributed by atoms with Crippen molar-refractivity contribution in [2.75, 3.05) is 13.2 Å². The van der Waals surface area contributed by atoms with Crippen molar-refractivity contribution in [3.8, 4) is 22.9 Å². The summed E-state index contributed by atoms with van der Waals surface area (Å²) >= 11 is 0. The maximum atomic E-state index is 13.9. The summed E-state index contributed by atoms with van der Waals surface area (Å²) in [5, 5.41) is 20.2. The van der Waals surface area contributed by atoms with Crippen molar-refractivity contribution < 1.29 is 28.6 Å². The zero-order valence-corrected chi connectivity index (χ0v) is 25.6. The number of nitrogens with zero attached hydrogens (tertiary/aromatic N) is 3. The number of benzene rings is 1. The molecule has 3 aliphatic carbocycles. The van der Waals surface area contributed by atoms with Crippen LogP contribution in [0.15, 0.2) is 48.5 Å². The number of amides is 2. The predicted molar refractivity (Wildman–Crippen MR) is 166 cm³/mol. The highest BCUT2D eigenvalue weighted by molar-refractivity contribution is 5.96. The molecule has 1 aromatic carbocycles. The number of primary amides is 1. The third-order valence-electron chi connectivity index (χ3n) is 10.1. The standard InChI is InChI=1S/C35H36FN5O5/c1-34(33(37)43)18-45-31-26(34)16-28(39-30(31)20-7-9-23(36)10-8-20)35(44,22-3-2-4-22)17-38-32(42)21-13-24-15-27(19-5-6-19)40-41(24)29(14-21)46-25-11-12-25/h7-10,13-16,19,22,25,44H,2-6,11-12,17-18H2,1H3,(H2,37,43)(H,38,42)/t34-,35+/m0/s1. The van der Waals surface area contributed by atoms with Crippen LogP contribution in [0.4, 0.5) is 4.39 Å². The van der Waals surface area contributed by atoms with E-state index in [1.807, 2.05) is 6.07 Å². The van der Waals surface area contributed by atoms with E-state index < -0.39 is 22.7 Å². The summed E-state index contributed by atoms with van der Waals surface area (Å²) in [4.78, 5) is 31.3. The molecule has 0 spiro atoms. The summed E-state index contributed by atoms with van der Waals surface area (Å²) in [5.41, 5.74) is 7.07. The number of hydrogen-bond donors (Lipinski definition) is 3. The van der Waals surface area contributed by atoms with Crippen molar-refractivity contribution >= 4 is 17.3 Å². The Morgan fingerprint density at radius 3 is 2.54 bits per heavy atom. The fourth-order valence-electron chi connectivity index (χ4n) is 6.50. The molecule has 1 aliphatic heterocycles. The van der Waals surface area contributed by atoms with Gasteiger partial charge in [0.15, 0.2) is 0 Å². The van der Waals surface area contributed by atoms with Gasteiger partial charge < -0.3 is 25.6 Å². The van der Waals surface area contributed by atoms with Crippen molar-refractivity contribution in [3.63, 3.8) is 0 Å². The number of ether oxygens (including phenoxy) is 2. The van der Waals surface area contributed by atoms with Crippen LogP contribution in [0.25, 0.3) is 16.8 Å². The average Bonchev–Trinajstić information content (AvgIpc) is 3.95. The number of rotatable bonds is 10. The first-order chi connectivity index (χ1) is 22.1. The van der Waals surface area contributed by atoms with Gasteiger partial charge in [0.2, 0.25) is 11.8 Å². The van der Waals surface area contributed by atoms with Crippen LogP contribution in [-0.4, -0.2) is 50.8 Å². The molecule has 8 rings (SSSR count). The van der Waals surface area contributed by atoms with Crippen molar-refractivity contribution in [2.45, 2.75) is 74.9 Å². The number of aromatic nitrogens is 3. The van der Waals surface area contributed by atoms with Gasteiger partial charge >= 0.3 is 0 Å². The van der Waals surface area contributed by atoms with E-state index in [0.717, 1.165) is 56.2 Å². The second-order valence-electron chi connectivity index (χ2n) is 13.5. The van der Waals surface area contributed by atoms with Crippen LogP contribution >= 0.6 is 0 Å². The Kier molecular flexibility index (Phi) is 6.61. The second-order valence-corrected chi connectivity index (χ2v) is 13.5. The maximum Gasteiger partial charge on any atom is 0.251 e. The minimum absolute atomic E-state index is 0.0143. The fourth-order valence-corrected chi connectivity index (χ4v) is 6.50. The summed E-state index contributed by atoms with van der Waals surface area (Å²) in [5.74, 6) is -0.172. The quantitative estimate of drug-likeness (QED) is 0.236. The summed E-state index contributed by atoms with van der Waals surface area (Å²) < 4.78 is 27.8. The van der Waals surface area contributed by atoms with Gasteiger partial charge in [-0.25, -0.2) is 13.9 Å². The molecule has 2 amide bonds. The van der Waals surface area contributed by atoms with Gasteiger partial charge in [-0.15, -0.1) is 0 Å². The van der Waals surface area contributed by atoms with Gasteiger partial charge in [0.1, 0.15) is 41.0 Å². The molecule has 3 fully saturated rings. The number of aliphatic hydroxyl groups is 1. The Morgan fingerprint density at radius 2 is 1.89 bits per heavy atom. The van der Waals surface area contributed by atoms with Crippen LogP contribution < -0.4 is 20.5 Å². The van der Waals surface area contributed by atoms with Crippen LogP contribution in [-0.2, 0) is 15.8 Å². The molecule has 2 atom stereocenters. The zero-order chi connectivity index (χ0) is 31.8. The number of nitrogens with two attached hydrogens (primary N) is 1. The second kappa shape index (κ2) is 10.5. The molecule has 11 heteroatoms. The maximum absolute atomic E-state index is 13.9. The molecule has 4 aliphatic rings. The van der Waals surface area contributed by atoms with E-state index in [1.165, 1.54) is 12.1 Å². The minimum atomic E-state index is -1.56. The molecule has 3 aromatic heterocycles. The SMILES string of the molecule is C[C@]1(C(N)=O)COc2c1cc([C@@](O)(CNC(=O)c1cc(OC3CC3)n3nc(C4CC4)cc3c1)C1CCC1)nc2-c1ccc(F)cc1. The lowest BCUT2D eigenvalue weighted by molar-refractivity contribution is -0.123. The smallest absolute Gasteiger partial charge is 0.251 e. The Hall–Kier alpha value is -4.51. The van der Waals surface area contributed by atoms with Crippen LogP contribution in [0.3, 0.4) is 0 Å². The van der Waals surface area contributed by atoms with E-state index in [0.29, 0.717) is 45.6 Å². The highest BCUT2D eigenvalue weighted by Crippen LogP contribution is 2.48. The Labute approximate surface area is 265 Å². The number of fused-ring (bicyclic) bond motifs is 2. The average molecular weight is 626 g/mol. The number of carbonyl (C=O) groups is 2. The first-order valence-electron chi connectivity index (χ1n) is 16.1. The molecule has 4 N–H and O–H groups in total. The number of carbonyl (C=O) groups excluding carboxylic acids is 2. The van der Waals surface area contributed by atoms with Gasteiger partial charge in [0, 0.05) is 28.7 Å². The summed E-state index contributed by atoms with van der Waals surface area (Å²) in [7, 11) is 0. The van der Waals surface area contributed by atoms with E-state index in [9.17, 15) is 19.1 Å². The van der Waals surface area contributed by atoms with Crippen LogP contribution in [0.1, 0.15) is 85.1 Å². The van der Waals surface area contributed by atoms with E-state index >= 15 is 0 Å². The molecule has 0 radical (unpaired) electrons. The molecule has 4 heterocycles. The van der Waals surface area contributed by atoms with Gasteiger partial charge in [-0.1, -0.05) is 6.42 Å². The minimum Gasteiger partial charge on any atom is -0.489 e. The van der Waals surface area contributed by atoms with Crippen molar-refractivity contribution in [1.82, 2.24) is 19.9 Å². The van der Waals surface area contributed by atoms with Crippen LogP contribution in [0, 0.1) is 11.7 Å². The molecule has 0 unspecified atom stereocenters. The van der Waals surface area contributed by atoms with Crippen LogP contribution in [0.2, 0.25) is 0 Å². The first-order valence-corrected chi connectivity index (χ1v) is 16.1. The molecular formula is C35H36FN5O5.